The summed E-state index contributed by atoms with van der Waals surface area (Å²) in [5.74, 6) is 2.32. The predicted octanol–water partition coefficient (Wildman–Crippen LogP) is 3.51. The second kappa shape index (κ2) is 7.22. The van der Waals surface area contributed by atoms with Crippen molar-refractivity contribution in [2.75, 3.05) is 30.9 Å². The summed E-state index contributed by atoms with van der Waals surface area (Å²) in [7, 11) is 1.68. The van der Waals surface area contributed by atoms with Gasteiger partial charge in [-0.3, -0.25) is 0 Å². The molecule has 5 nitrogen and oxygen atoms in total. The molecule has 22 heavy (non-hydrogen) atoms. The van der Waals surface area contributed by atoms with E-state index < -0.39 is 0 Å². The van der Waals surface area contributed by atoms with Crippen molar-refractivity contribution in [2.45, 2.75) is 27.7 Å². The molecule has 1 aromatic heterocycles. The normalized spacial score (nSPS) is 10.6. The Morgan fingerprint density at radius 1 is 0.955 bits per heavy atom. The largest absolute Gasteiger partial charge is 0.383 e. The van der Waals surface area contributed by atoms with Gasteiger partial charge in [0.25, 0.3) is 0 Å². The Bertz CT molecular complexity index is 632. The maximum Gasteiger partial charge on any atom is 0.136 e. The van der Waals surface area contributed by atoms with Crippen LogP contribution in [0.15, 0.2) is 18.2 Å². The third-order valence-corrected chi connectivity index (χ3v) is 3.38. The van der Waals surface area contributed by atoms with Crippen LogP contribution in [-0.4, -0.2) is 30.2 Å². The Kier molecular flexibility index (Phi) is 5.33. The molecule has 118 valence electrons. The Hall–Kier alpha value is -2.14. The van der Waals surface area contributed by atoms with Gasteiger partial charge in [0.1, 0.15) is 17.5 Å². The van der Waals surface area contributed by atoms with Gasteiger partial charge in [-0.15, -0.1) is 0 Å². The zero-order valence-corrected chi connectivity index (χ0v) is 13.9. The minimum Gasteiger partial charge on any atom is -0.383 e. The Morgan fingerprint density at radius 2 is 1.59 bits per heavy atom. The molecule has 2 aromatic rings. The number of aromatic nitrogens is 2. The maximum atomic E-state index is 5.04. The van der Waals surface area contributed by atoms with Gasteiger partial charge in [-0.1, -0.05) is 17.7 Å². The van der Waals surface area contributed by atoms with Gasteiger partial charge in [-0.2, -0.15) is 0 Å². The fraction of sp³-hybridized carbons (Fsp3) is 0.412. The van der Waals surface area contributed by atoms with Crippen LogP contribution in [0.25, 0.3) is 0 Å². The Morgan fingerprint density at radius 3 is 2.23 bits per heavy atom. The number of hydrogen-bond acceptors (Lipinski definition) is 5. The summed E-state index contributed by atoms with van der Waals surface area (Å²) in [6, 6.07) is 6.25. The number of hydrogen-bond donors (Lipinski definition) is 2. The molecule has 0 aliphatic heterocycles. The van der Waals surface area contributed by atoms with E-state index in [9.17, 15) is 0 Å². The van der Waals surface area contributed by atoms with E-state index in [1.54, 1.807) is 7.11 Å². The van der Waals surface area contributed by atoms with E-state index in [4.69, 9.17) is 4.74 Å². The van der Waals surface area contributed by atoms with Crippen LogP contribution < -0.4 is 10.6 Å². The number of ether oxygens (including phenoxy) is 1. The molecule has 0 saturated heterocycles. The Balaban J connectivity index is 2.22. The molecule has 0 saturated carbocycles. The van der Waals surface area contributed by atoms with Crippen LogP contribution in [0.2, 0.25) is 0 Å². The minimum atomic E-state index is 0.641. The summed E-state index contributed by atoms with van der Waals surface area (Å²) in [6.07, 6.45) is 0. The number of nitrogens with zero attached hydrogens (tertiary/aromatic N) is 2. The van der Waals surface area contributed by atoms with E-state index in [0.717, 1.165) is 29.7 Å². The van der Waals surface area contributed by atoms with Crippen LogP contribution in [0.3, 0.4) is 0 Å². The molecule has 0 amide bonds. The van der Waals surface area contributed by atoms with Crippen LogP contribution in [-0.2, 0) is 4.74 Å². The molecule has 0 aliphatic rings. The number of anilines is 3. The molecule has 0 aliphatic carbocycles. The maximum absolute atomic E-state index is 5.04. The summed E-state index contributed by atoms with van der Waals surface area (Å²) >= 11 is 0. The van der Waals surface area contributed by atoms with Gasteiger partial charge in [0.2, 0.25) is 0 Å². The van der Waals surface area contributed by atoms with E-state index in [0.29, 0.717) is 6.61 Å². The van der Waals surface area contributed by atoms with Gasteiger partial charge >= 0.3 is 0 Å². The summed E-state index contributed by atoms with van der Waals surface area (Å²) in [5.41, 5.74) is 4.79. The average molecular weight is 300 g/mol. The van der Waals surface area contributed by atoms with Gasteiger partial charge in [-0.05, 0) is 38.8 Å². The van der Waals surface area contributed by atoms with Crippen molar-refractivity contribution in [3.63, 3.8) is 0 Å². The average Bonchev–Trinajstić information content (AvgIpc) is 2.42. The lowest BCUT2D eigenvalue weighted by molar-refractivity contribution is 0.210. The smallest absolute Gasteiger partial charge is 0.136 e. The fourth-order valence-corrected chi connectivity index (χ4v) is 2.51. The number of benzene rings is 1. The molecule has 5 heteroatoms. The highest BCUT2D eigenvalue weighted by Gasteiger charge is 2.07. The molecule has 0 radical (unpaired) electrons. The van der Waals surface area contributed by atoms with Gasteiger partial charge < -0.3 is 15.4 Å². The van der Waals surface area contributed by atoms with E-state index >= 15 is 0 Å². The molecular formula is C17H24N4O. The standard InChI is InChI=1S/C17H24N4O/c1-11-8-12(2)17(13(3)9-11)21-16-10-15(18-6-7-22-5)19-14(4)20-16/h8-10H,6-7H2,1-5H3,(H2,18,19,20,21). The molecule has 0 atom stereocenters. The third-order valence-electron chi connectivity index (χ3n) is 3.38. The minimum absolute atomic E-state index is 0.641. The zero-order valence-electron chi connectivity index (χ0n) is 13.9. The summed E-state index contributed by atoms with van der Waals surface area (Å²) in [5, 5.41) is 6.65. The molecular weight excluding hydrogens is 276 g/mol. The van der Waals surface area contributed by atoms with Gasteiger partial charge in [0, 0.05) is 25.4 Å². The first-order valence-corrected chi connectivity index (χ1v) is 7.43. The highest BCUT2D eigenvalue weighted by molar-refractivity contribution is 5.66. The van der Waals surface area contributed by atoms with E-state index in [1.807, 2.05) is 13.0 Å². The lowest BCUT2D eigenvalue weighted by Gasteiger charge is -2.14. The van der Waals surface area contributed by atoms with Crippen LogP contribution in [0, 0.1) is 27.7 Å². The lowest BCUT2D eigenvalue weighted by atomic mass is 10.1. The van der Waals surface area contributed by atoms with Gasteiger partial charge in [0.05, 0.1) is 6.61 Å². The molecule has 0 unspecified atom stereocenters. The van der Waals surface area contributed by atoms with Crippen molar-refractivity contribution in [1.82, 2.24) is 9.97 Å². The molecule has 1 heterocycles. The molecule has 2 rings (SSSR count). The Labute approximate surface area is 132 Å². The number of methoxy groups -OCH3 is 1. The van der Waals surface area contributed by atoms with Crippen LogP contribution >= 0.6 is 0 Å². The van der Waals surface area contributed by atoms with Crippen molar-refractivity contribution in [3.8, 4) is 0 Å². The first-order chi connectivity index (χ1) is 10.5. The van der Waals surface area contributed by atoms with E-state index in [1.165, 1.54) is 16.7 Å². The molecule has 1 aromatic carbocycles. The fourth-order valence-electron chi connectivity index (χ4n) is 2.51. The topological polar surface area (TPSA) is 59.1 Å². The predicted molar refractivity (Wildman–Crippen MR) is 91.1 cm³/mol. The summed E-state index contributed by atoms with van der Waals surface area (Å²) in [6.45, 7) is 9.57. The van der Waals surface area contributed by atoms with Crippen molar-refractivity contribution >= 4 is 17.3 Å². The number of nitrogens with one attached hydrogen (secondary N) is 2. The van der Waals surface area contributed by atoms with Crippen molar-refractivity contribution < 1.29 is 4.74 Å². The highest BCUT2D eigenvalue weighted by atomic mass is 16.5. The number of rotatable bonds is 6. The third kappa shape index (κ3) is 4.18. The monoisotopic (exact) mass is 300 g/mol. The second-order valence-corrected chi connectivity index (χ2v) is 5.50. The molecule has 0 fully saturated rings. The van der Waals surface area contributed by atoms with E-state index in [2.05, 4.69) is 53.5 Å². The van der Waals surface area contributed by atoms with E-state index in [-0.39, 0.29) is 0 Å². The first-order valence-electron chi connectivity index (χ1n) is 7.43. The van der Waals surface area contributed by atoms with Crippen molar-refractivity contribution in [1.29, 1.82) is 0 Å². The summed E-state index contributed by atoms with van der Waals surface area (Å²) in [4.78, 5) is 8.86. The van der Waals surface area contributed by atoms with Crippen molar-refractivity contribution in [2.24, 2.45) is 0 Å². The quantitative estimate of drug-likeness (QED) is 0.799. The SMILES string of the molecule is COCCNc1cc(Nc2c(C)cc(C)cc2C)nc(C)n1. The lowest BCUT2D eigenvalue weighted by Crippen LogP contribution is -2.10. The molecule has 0 bridgehead atoms. The van der Waals surface area contributed by atoms with Gasteiger partial charge in [0.15, 0.2) is 0 Å². The van der Waals surface area contributed by atoms with Crippen LogP contribution in [0.4, 0.5) is 17.3 Å². The van der Waals surface area contributed by atoms with Gasteiger partial charge in [-0.25, -0.2) is 9.97 Å². The van der Waals surface area contributed by atoms with Crippen molar-refractivity contribution in [3.05, 3.63) is 40.7 Å². The molecule has 2 N–H and O–H groups in total. The van der Waals surface area contributed by atoms with Crippen LogP contribution in [0.5, 0.6) is 0 Å². The first kappa shape index (κ1) is 16.2. The van der Waals surface area contributed by atoms with Crippen LogP contribution in [0.1, 0.15) is 22.5 Å². The molecule has 0 spiro atoms. The highest BCUT2D eigenvalue weighted by Crippen LogP contribution is 2.25. The number of aryl methyl sites for hydroxylation is 4. The summed E-state index contributed by atoms with van der Waals surface area (Å²) < 4.78 is 5.04. The zero-order chi connectivity index (χ0) is 16.1. The second-order valence-electron chi connectivity index (χ2n) is 5.50.